The van der Waals surface area contributed by atoms with Crippen LogP contribution in [0.2, 0.25) is 0 Å². The monoisotopic (exact) mass is 335 g/mol. The summed E-state index contributed by atoms with van der Waals surface area (Å²) in [5.41, 5.74) is 2.01. The largest absolute Gasteiger partial charge is 0.377 e. The minimum Gasteiger partial charge on any atom is -0.377 e. The minimum atomic E-state index is -0.230. The fraction of sp³-hybridized carbons (Fsp3) is 0.294. The van der Waals surface area contributed by atoms with Crippen molar-refractivity contribution in [2.45, 2.75) is 26.3 Å². The van der Waals surface area contributed by atoms with Crippen molar-refractivity contribution in [3.05, 3.63) is 64.4 Å². The lowest BCUT2D eigenvalue weighted by Crippen LogP contribution is -2.13. The normalized spacial score (nSPS) is 12.4. The van der Waals surface area contributed by atoms with Crippen LogP contribution in [0.3, 0.4) is 0 Å². The average Bonchev–Trinajstić information content (AvgIpc) is 2.42. The van der Waals surface area contributed by atoms with Crippen LogP contribution in [0.1, 0.15) is 31.9 Å². The van der Waals surface area contributed by atoms with E-state index in [9.17, 15) is 4.39 Å². The maximum atomic E-state index is 13.4. The maximum absolute atomic E-state index is 13.4. The van der Waals surface area contributed by atoms with Gasteiger partial charge in [0.2, 0.25) is 0 Å². The van der Waals surface area contributed by atoms with E-state index >= 15 is 0 Å². The van der Waals surface area contributed by atoms with Gasteiger partial charge >= 0.3 is 0 Å². The number of rotatable bonds is 5. The van der Waals surface area contributed by atoms with Crippen LogP contribution in [0.15, 0.2) is 53.0 Å². The molecule has 0 saturated heterocycles. The highest BCUT2D eigenvalue weighted by molar-refractivity contribution is 9.10. The molecular formula is C17H19BrFN. The quantitative estimate of drug-likeness (QED) is 0.729. The molecule has 0 aliphatic carbocycles. The molecule has 1 N–H and O–H groups in total. The maximum Gasteiger partial charge on any atom is 0.125 e. The van der Waals surface area contributed by atoms with Crippen LogP contribution >= 0.6 is 15.9 Å². The van der Waals surface area contributed by atoms with Crippen molar-refractivity contribution in [2.75, 3.05) is 5.32 Å². The molecule has 0 spiro atoms. The molecule has 0 heterocycles. The van der Waals surface area contributed by atoms with E-state index in [1.54, 1.807) is 6.07 Å². The van der Waals surface area contributed by atoms with Crippen LogP contribution in [-0.4, -0.2) is 0 Å². The Bertz CT molecular complexity index is 554. The predicted molar refractivity (Wildman–Crippen MR) is 86.4 cm³/mol. The van der Waals surface area contributed by atoms with Crippen molar-refractivity contribution < 1.29 is 4.39 Å². The SMILES string of the molecule is CC(C)CC(Nc1cc(F)ccc1Br)c1ccccc1. The third-order valence-corrected chi connectivity index (χ3v) is 3.86. The number of hydrogen-bond donors (Lipinski definition) is 1. The molecule has 1 unspecified atom stereocenters. The van der Waals surface area contributed by atoms with E-state index < -0.39 is 0 Å². The molecule has 106 valence electrons. The lowest BCUT2D eigenvalue weighted by molar-refractivity contribution is 0.530. The lowest BCUT2D eigenvalue weighted by Gasteiger charge is -2.23. The van der Waals surface area contributed by atoms with Crippen molar-refractivity contribution in [2.24, 2.45) is 5.92 Å². The average molecular weight is 336 g/mol. The Hall–Kier alpha value is -1.35. The summed E-state index contributed by atoms with van der Waals surface area (Å²) in [4.78, 5) is 0. The predicted octanol–water partition coefficient (Wildman–Crippen LogP) is 5.79. The molecule has 1 atom stereocenters. The Morgan fingerprint density at radius 2 is 1.80 bits per heavy atom. The van der Waals surface area contributed by atoms with E-state index in [-0.39, 0.29) is 11.9 Å². The molecule has 2 aromatic carbocycles. The van der Waals surface area contributed by atoms with Gasteiger partial charge in [0.25, 0.3) is 0 Å². The summed E-state index contributed by atoms with van der Waals surface area (Å²) in [7, 11) is 0. The first-order chi connectivity index (χ1) is 9.56. The molecule has 20 heavy (non-hydrogen) atoms. The zero-order chi connectivity index (χ0) is 14.5. The smallest absolute Gasteiger partial charge is 0.125 e. The fourth-order valence-corrected chi connectivity index (χ4v) is 2.59. The van der Waals surface area contributed by atoms with Gasteiger partial charge in [-0.15, -0.1) is 0 Å². The summed E-state index contributed by atoms with van der Waals surface area (Å²) in [6.07, 6.45) is 0.993. The highest BCUT2D eigenvalue weighted by Gasteiger charge is 2.14. The Kier molecular flexibility index (Phi) is 5.18. The summed E-state index contributed by atoms with van der Waals surface area (Å²) in [6.45, 7) is 4.39. The zero-order valence-electron chi connectivity index (χ0n) is 11.7. The summed E-state index contributed by atoms with van der Waals surface area (Å²) in [5.74, 6) is 0.326. The zero-order valence-corrected chi connectivity index (χ0v) is 13.3. The van der Waals surface area contributed by atoms with Gasteiger partial charge in [0.15, 0.2) is 0 Å². The van der Waals surface area contributed by atoms with Gasteiger partial charge in [-0.05, 0) is 52.0 Å². The van der Waals surface area contributed by atoms with Crippen LogP contribution in [0.5, 0.6) is 0 Å². The molecule has 0 aliphatic rings. The first-order valence-electron chi connectivity index (χ1n) is 6.83. The molecule has 0 radical (unpaired) electrons. The Morgan fingerprint density at radius 3 is 2.45 bits per heavy atom. The van der Waals surface area contributed by atoms with E-state index in [2.05, 4.69) is 47.2 Å². The molecule has 0 bridgehead atoms. The van der Waals surface area contributed by atoms with E-state index in [0.29, 0.717) is 5.92 Å². The van der Waals surface area contributed by atoms with Crippen LogP contribution in [0.25, 0.3) is 0 Å². The third kappa shape index (κ3) is 4.07. The van der Waals surface area contributed by atoms with Gasteiger partial charge in [0.1, 0.15) is 5.82 Å². The number of halogens is 2. The van der Waals surface area contributed by atoms with Crippen molar-refractivity contribution in [3.8, 4) is 0 Å². The molecule has 0 saturated carbocycles. The molecule has 1 nitrogen and oxygen atoms in total. The molecular weight excluding hydrogens is 317 g/mol. The Labute approximate surface area is 128 Å². The second-order valence-electron chi connectivity index (χ2n) is 5.36. The lowest BCUT2D eigenvalue weighted by atomic mass is 9.97. The van der Waals surface area contributed by atoms with Gasteiger partial charge in [-0.1, -0.05) is 44.2 Å². The Balaban J connectivity index is 2.26. The molecule has 0 fully saturated rings. The van der Waals surface area contributed by atoms with E-state index in [0.717, 1.165) is 16.6 Å². The first kappa shape index (κ1) is 15.0. The van der Waals surface area contributed by atoms with E-state index in [1.807, 2.05) is 18.2 Å². The van der Waals surface area contributed by atoms with Crippen molar-refractivity contribution in [1.82, 2.24) is 0 Å². The van der Waals surface area contributed by atoms with Crippen LogP contribution < -0.4 is 5.32 Å². The summed E-state index contributed by atoms with van der Waals surface area (Å²) in [6, 6.07) is 15.2. The second-order valence-corrected chi connectivity index (χ2v) is 6.22. The van der Waals surface area contributed by atoms with E-state index in [4.69, 9.17) is 0 Å². The van der Waals surface area contributed by atoms with Crippen LogP contribution in [-0.2, 0) is 0 Å². The number of benzene rings is 2. The molecule has 2 rings (SSSR count). The van der Waals surface area contributed by atoms with Gasteiger partial charge in [0, 0.05) is 4.47 Å². The first-order valence-corrected chi connectivity index (χ1v) is 7.62. The van der Waals surface area contributed by atoms with Gasteiger partial charge < -0.3 is 5.32 Å². The standard InChI is InChI=1S/C17H19BrFN/c1-12(2)10-16(13-6-4-3-5-7-13)20-17-11-14(19)8-9-15(17)18/h3-9,11-12,16,20H,10H2,1-2H3. The summed E-state index contributed by atoms with van der Waals surface area (Å²) < 4.78 is 14.3. The van der Waals surface area contributed by atoms with E-state index in [1.165, 1.54) is 17.7 Å². The molecule has 2 aromatic rings. The van der Waals surface area contributed by atoms with Crippen molar-refractivity contribution >= 4 is 21.6 Å². The second kappa shape index (κ2) is 6.89. The highest BCUT2D eigenvalue weighted by Crippen LogP contribution is 2.30. The molecule has 0 aromatic heterocycles. The van der Waals surface area contributed by atoms with Crippen molar-refractivity contribution in [3.63, 3.8) is 0 Å². The number of anilines is 1. The Morgan fingerprint density at radius 1 is 1.10 bits per heavy atom. The fourth-order valence-electron chi connectivity index (χ4n) is 2.23. The van der Waals surface area contributed by atoms with Gasteiger partial charge in [-0.3, -0.25) is 0 Å². The van der Waals surface area contributed by atoms with Crippen LogP contribution in [0.4, 0.5) is 10.1 Å². The van der Waals surface area contributed by atoms with Gasteiger partial charge in [0.05, 0.1) is 11.7 Å². The summed E-state index contributed by atoms with van der Waals surface area (Å²) >= 11 is 3.47. The molecule has 0 aliphatic heterocycles. The molecule has 3 heteroatoms. The van der Waals surface area contributed by atoms with Gasteiger partial charge in [-0.2, -0.15) is 0 Å². The number of nitrogens with one attached hydrogen (secondary N) is 1. The minimum absolute atomic E-state index is 0.175. The topological polar surface area (TPSA) is 12.0 Å². The molecule has 0 amide bonds. The van der Waals surface area contributed by atoms with Crippen LogP contribution in [0, 0.1) is 11.7 Å². The third-order valence-electron chi connectivity index (χ3n) is 3.17. The highest BCUT2D eigenvalue weighted by atomic mass is 79.9. The number of hydrogen-bond acceptors (Lipinski definition) is 1. The summed E-state index contributed by atoms with van der Waals surface area (Å²) in [5, 5.41) is 3.45. The van der Waals surface area contributed by atoms with Crippen molar-refractivity contribution in [1.29, 1.82) is 0 Å². The van der Waals surface area contributed by atoms with Gasteiger partial charge in [-0.25, -0.2) is 4.39 Å².